The Morgan fingerprint density at radius 2 is 2.12 bits per heavy atom. The fourth-order valence-electron chi connectivity index (χ4n) is 1.33. The van der Waals surface area contributed by atoms with Crippen molar-refractivity contribution in [2.45, 2.75) is 6.92 Å². The molecule has 6 heteroatoms. The third-order valence-electron chi connectivity index (χ3n) is 2.01. The van der Waals surface area contributed by atoms with Gasteiger partial charge in [-0.05, 0) is 22.9 Å². The second-order valence-electron chi connectivity index (χ2n) is 3.59. The summed E-state index contributed by atoms with van der Waals surface area (Å²) in [6.07, 6.45) is 1.65. The van der Waals surface area contributed by atoms with Gasteiger partial charge in [-0.3, -0.25) is 0 Å². The molecule has 0 radical (unpaired) electrons. The summed E-state index contributed by atoms with van der Waals surface area (Å²) in [6, 6.07) is 1.84. The first-order valence-electron chi connectivity index (χ1n) is 4.71. The van der Waals surface area contributed by atoms with E-state index in [2.05, 4.69) is 31.1 Å². The van der Waals surface area contributed by atoms with E-state index >= 15 is 0 Å². The lowest BCUT2D eigenvalue weighted by atomic mass is 10.3. The molecule has 0 aliphatic carbocycles. The van der Waals surface area contributed by atoms with Crippen LogP contribution in [0.3, 0.4) is 0 Å². The minimum Gasteiger partial charge on any atom is -0.361 e. The van der Waals surface area contributed by atoms with Crippen molar-refractivity contribution in [1.82, 2.24) is 15.1 Å². The molecule has 2 aromatic heterocycles. The Kier molecular flexibility index (Phi) is 2.91. The lowest BCUT2D eigenvalue weighted by molar-refractivity contribution is 0.425. The Hall–Kier alpha value is -1.43. The van der Waals surface area contributed by atoms with Gasteiger partial charge >= 0.3 is 0 Å². The molecule has 0 atom stereocenters. The van der Waals surface area contributed by atoms with Crippen molar-refractivity contribution in [3.8, 4) is 11.5 Å². The van der Waals surface area contributed by atoms with Crippen LogP contribution in [-0.2, 0) is 0 Å². The van der Waals surface area contributed by atoms with E-state index in [9.17, 15) is 0 Å². The molecule has 0 N–H and O–H groups in total. The zero-order valence-corrected chi connectivity index (χ0v) is 10.8. The van der Waals surface area contributed by atoms with Crippen LogP contribution in [0, 0.1) is 6.92 Å². The maximum absolute atomic E-state index is 5.20. The molecule has 0 bridgehead atoms. The average molecular weight is 283 g/mol. The van der Waals surface area contributed by atoms with Crippen molar-refractivity contribution in [3.05, 3.63) is 22.6 Å². The summed E-state index contributed by atoms with van der Waals surface area (Å²) in [5.41, 5.74) is 1.50. The Balaban J connectivity index is 2.57. The lowest BCUT2D eigenvalue weighted by Crippen LogP contribution is -2.12. The van der Waals surface area contributed by atoms with Gasteiger partial charge in [-0.15, -0.1) is 0 Å². The quantitative estimate of drug-likeness (QED) is 0.846. The molecular formula is C10H11BrN4O. The van der Waals surface area contributed by atoms with E-state index in [1.54, 1.807) is 6.20 Å². The first kappa shape index (κ1) is 11.1. The van der Waals surface area contributed by atoms with Crippen molar-refractivity contribution < 1.29 is 4.52 Å². The van der Waals surface area contributed by atoms with Gasteiger partial charge in [-0.25, -0.2) is 9.97 Å². The molecule has 84 valence electrons. The van der Waals surface area contributed by atoms with Crippen molar-refractivity contribution in [2.75, 3.05) is 19.0 Å². The Morgan fingerprint density at radius 1 is 1.38 bits per heavy atom. The van der Waals surface area contributed by atoms with Crippen molar-refractivity contribution in [2.24, 2.45) is 0 Å². The van der Waals surface area contributed by atoms with Gasteiger partial charge in [0.05, 0.1) is 11.9 Å². The van der Waals surface area contributed by atoms with Crippen LogP contribution in [-0.4, -0.2) is 29.2 Å². The molecule has 2 rings (SSSR count). The molecule has 0 aliphatic heterocycles. The van der Waals surface area contributed by atoms with Gasteiger partial charge in [0.2, 0.25) is 0 Å². The maximum Gasteiger partial charge on any atom is 0.189 e. The van der Waals surface area contributed by atoms with Crippen LogP contribution in [0.4, 0.5) is 5.82 Å². The Bertz CT molecular complexity index is 509. The van der Waals surface area contributed by atoms with Gasteiger partial charge < -0.3 is 9.42 Å². The molecule has 0 fully saturated rings. The predicted octanol–water partition coefficient (Wildman–Crippen LogP) is 2.27. The standard InChI is InChI=1S/C10H11BrN4O/c1-6-4-7(16-14-6)9-10(15(2)3)12-5-8(11)13-9/h4-5H,1-3H3. The molecule has 0 amide bonds. The van der Waals surface area contributed by atoms with Crippen LogP contribution in [0.5, 0.6) is 0 Å². The summed E-state index contributed by atoms with van der Waals surface area (Å²) < 4.78 is 5.86. The number of anilines is 1. The van der Waals surface area contributed by atoms with E-state index in [0.29, 0.717) is 16.1 Å². The van der Waals surface area contributed by atoms with E-state index in [4.69, 9.17) is 4.52 Å². The molecule has 2 aromatic rings. The predicted molar refractivity (Wildman–Crippen MR) is 64.3 cm³/mol. The van der Waals surface area contributed by atoms with Crippen LogP contribution in [0.1, 0.15) is 5.69 Å². The van der Waals surface area contributed by atoms with E-state index < -0.39 is 0 Å². The minimum atomic E-state index is 0.620. The highest BCUT2D eigenvalue weighted by Gasteiger charge is 2.15. The zero-order chi connectivity index (χ0) is 11.7. The number of nitrogens with zero attached hydrogens (tertiary/aromatic N) is 4. The van der Waals surface area contributed by atoms with Crippen LogP contribution in [0.25, 0.3) is 11.5 Å². The maximum atomic E-state index is 5.20. The number of halogens is 1. The molecule has 16 heavy (non-hydrogen) atoms. The third-order valence-corrected chi connectivity index (χ3v) is 2.39. The van der Waals surface area contributed by atoms with Crippen molar-refractivity contribution in [1.29, 1.82) is 0 Å². The number of hydrogen-bond acceptors (Lipinski definition) is 5. The van der Waals surface area contributed by atoms with Crippen LogP contribution in [0.15, 0.2) is 21.4 Å². The number of aromatic nitrogens is 3. The summed E-state index contributed by atoms with van der Waals surface area (Å²) in [7, 11) is 3.81. The normalized spacial score (nSPS) is 10.5. The van der Waals surface area contributed by atoms with Gasteiger partial charge in [-0.1, -0.05) is 5.16 Å². The van der Waals surface area contributed by atoms with Gasteiger partial charge in [0.25, 0.3) is 0 Å². The average Bonchev–Trinajstić information content (AvgIpc) is 2.64. The number of rotatable bonds is 2. The summed E-state index contributed by atoms with van der Waals surface area (Å²) >= 11 is 3.30. The summed E-state index contributed by atoms with van der Waals surface area (Å²) in [5, 5.41) is 3.85. The SMILES string of the molecule is Cc1cc(-c2nc(Br)cnc2N(C)C)on1. The number of aryl methyl sites for hydroxylation is 1. The molecule has 2 heterocycles. The van der Waals surface area contributed by atoms with Gasteiger partial charge in [-0.2, -0.15) is 0 Å². The molecule has 0 unspecified atom stereocenters. The second-order valence-corrected chi connectivity index (χ2v) is 4.40. The summed E-state index contributed by atoms with van der Waals surface area (Å²) in [5.74, 6) is 1.37. The molecule has 5 nitrogen and oxygen atoms in total. The number of hydrogen-bond donors (Lipinski definition) is 0. The minimum absolute atomic E-state index is 0.620. The topological polar surface area (TPSA) is 55.1 Å². The molecule has 0 aromatic carbocycles. The monoisotopic (exact) mass is 282 g/mol. The molecule has 0 spiro atoms. The first-order valence-corrected chi connectivity index (χ1v) is 5.51. The first-order chi connectivity index (χ1) is 7.58. The molecule has 0 aliphatic rings. The van der Waals surface area contributed by atoms with Crippen LogP contribution < -0.4 is 4.90 Å². The molecular weight excluding hydrogens is 272 g/mol. The second kappa shape index (κ2) is 4.21. The van der Waals surface area contributed by atoms with Crippen molar-refractivity contribution >= 4 is 21.7 Å². The van der Waals surface area contributed by atoms with Crippen LogP contribution >= 0.6 is 15.9 Å². The van der Waals surface area contributed by atoms with E-state index in [-0.39, 0.29) is 0 Å². The summed E-state index contributed by atoms with van der Waals surface area (Å²) in [6.45, 7) is 1.87. The smallest absolute Gasteiger partial charge is 0.189 e. The largest absolute Gasteiger partial charge is 0.361 e. The fourth-order valence-corrected chi connectivity index (χ4v) is 1.61. The van der Waals surface area contributed by atoms with Crippen molar-refractivity contribution in [3.63, 3.8) is 0 Å². The third kappa shape index (κ3) is 2.06. The molecule has 0 saturated heterocycles. The Morgan fingerprint density at radius 3 is 2.69 bits per heavy atom. The zero-order valence-electron chi connectivity index (χ0n) is 9.23. The van der Waals surface area contributed by atoms with Gasteiger partial charge in [0.15, 0.2) is 17.3 Å². The Labute approximate surface area is 102 Å². The van der Waals surface area contributed by atoms with E-state index in [0.717, 1.165) is 11.5 Å². The van der Waals surface area contributed by atoms with Crippen LogP contribution in [0.2, 0.25) is 0 Å². The summed E-state index contributed by atoms with van der Waals surface area (Å²) in [4.78, 5) is 10.5. The van der Waals surface area contributed by atoms with E-state index in [1.807, 2.05) is 32.0 Å². The highest BCUT2D eigenvalue weighted by molar-refractivity contribution is 9.10. The fraction of sp³-hybridized carbons (Fsp3) is 0.300. The van der Waals surface area contributed by atoms with Gasteiger partial charge in [0.1, 0.15) is 4.60 Å². The molecule has 0 saturated carbocycles. The van der Waals surface area contributed by atoms with E-state index in [1.165, 1.54) is 0 Å². The highest BCUT2D eigenvalue weighted by atomic mass is 79.9. The van der Waals surface area contributed by atoms with Gasteiger partial charge in [0, 0.05) is 20.2 Å². The highest BCUT2D eigenvalue weighted by Crippen LogP contribution is 2.27. The lowest BCUT2D eigenvalue weighted by Gasteiger charge is -2.13.